The predicted molar refractivity (Wildman–Crippen MR) is 89.7 cm³/mol. The minimum atomic E-state index is 0.147. The maximum atomic E-state index is 4.72. The molecule has 20 heavy (non-hydrogen) atoms. The SMILES string of the molecule is Cc1cc(CNC(C)(C)C)cnc1N1CCCSCC1. The molecule has 1 aromatic rings. The fourth-order valence-corrected chi connectivity index (χ4v) is 3.27. The second-order valence-corrected chi connectivity index (χ2v) is 7.77. The average Bonchev–Trinajstić information content (AvgIpc) is 2.64. The molecule has 0 aromatic carbocycles. The molecule has 1 aliphatic rings. The van der Waals surface area contributed by atoms with Crippen LogP contribution in [0.1, 0.15) is 38.3 Å². The third kappa shape index (κ3) is 4.67. The summed E-state index contributed by atoms with van der Waals surface area (Å²) in [6.45, 7) is 11.9. The first-order valence-corrected chi connectivity index (χ1v) is 8.64. The standard InChI is InChI=1S/C16H27N3S/c1-13-10-14(12-18-16(2,3)4)11-17-15(13)19-6-5-8-20-9-7-19/h10-11,18H,5-9,12H2,1-4H3. The Bertz CT molecular complexity index is 432. The normalized spacial score (nSPS) is 17.1. The third-order valence-electron chi connectivity index (χ3n) is 3.45. The lowest BCUT2D eigenvalue weighted by Crippen LogP contribution is -2.35. The number of aromatic nitrogens is 1. The summed E-state index contributed by atoms with van der Waals surface area (Å²) in [7, 11) is 0. The Morgan fingerprint density at radius 1 is 1.30 bits per heavy atom. The van der Waals surface area contributed by atoms with Gasteiger partial charge >= 0.3 is 0 Å². The van der Waals surface area contributed by atoms with Crippen molar-refractivity contribution in [1.29, 1.82) is 0 Å². The van der Waals surface area contributed by atoms with Gasteiger partial charge in [-0.05, 0) is 57.1 Å². The number of hydrogen-bond donors (Lipinski definition) is 1. The molecule has 1 fully saturated rings. The number of thioether (sulfide) groups is 1. The summed E-state index contributed by atoms with van der Waals surface area (Å²) in [5.74, 6) is 3.67. The fourth-order valence-electron chi connectivity index (χ4n) is 2.38. The molecule has 0 spiro atoms. The maximum Gasteiger partial charge on any atom is 0.131 e. The number of hydrogen-bond acceptors (Lipinski definition) is 4. The molecule has 1 aromatic heterocycles. The summed E-state index contributed by atoms with van der Waals surface area (Å²) in [5.41, 5.74) is 2.71. The van der Waals surface area contributed by atoms with E-state index in [2.05, 4.69) is 55.7 Å². The van der Waals surface area contributed by atoms with Crippen LogP contribution in [-0.2, 0) is 6.54 Å². The number of pyridine rings is 1. The Kier molecular flexibility index (Phi) is 5.33. The number of nitrogens with zero attached hydrogens (tertiary/aromatic N) is 2. The summed E-state index contributed by atoms with van der Waals surface area (Å²) in [4.78, 5) is 7.16. The Morgan fingerprint density at radius 3 is 2.80 bits per heavy atom. The van der Waals surface area contributed by atoms with E-state index in [1.165, 1.54) is 34.9 Å². The lowest BCUT2D eigenvalue weighted by atomic mass is 10.1. The lowest BCUT2D eigenvalue weighted by molar-refractivity contribution is 0.424. The highest BCUT2D eigenvalue weighted by molar-refractivity contribution is 7.99. The molecule has 0 radical (unpaired) electrons. The first-order chi connectivity index (χ1) is 9.46. The zero-order valence-corrected chi connectivity index (χ0v) is 14.0. The van der Waals surface area contributed by atoms with Gasteiger partial charge in [-0.1, -0.05) is 0 Å². The first kappa shape index (κ1) is 15.6. The van der Waals surface area contributed by atoms with Crippen LogP contribution in [-0.4, -0.2) is 35.1 Å². The molecule has 0 saturated carbocycles. The minimum Gasteiger partial charge on any atom is -0.356 e. The van der Waals surface area contributed by atoms with Gasteiger partial charge in [-0.25, -0.2) is 4.98 Å². The smallest absolute Gasteiger partial charge is 0.131 e. The van der Waals surface area contributed by atoms with Crippen molar-refractivity contribution < 1.29 is 0 Å². The largest absolute Gasteiger partial charge is 0.356 e. The van der Waals surface area contributed by atoms with Crippen LogP contribution in [0.3, 0.4) is 0 Å². The van der Waals surface area contributed by atoms with Crippen molar-refractivity contribution >= 4 is 17.6 Å². The van der Waals surface area contributed by atoms with E-state index in [1.807, 2.05) is 6.20 Å². The van der Waals surface area contributed by atoms with Crippen molar-refractivity contribution in [3.05, 3.63) is 23.4 Å². The number of rotatable bonds is 3. The van der Waals surface area contributed by atoms with Crippen molar-refractivity contribution in [2.75, 3.05) is 29.5 Å². The molecule has 4 heteroatoms. The van der Waals surface area contributed by atoms with E-state index in [4.69, 9.17) is 4.98 Å². The van der Waals surface area contributed by atoms with Gasteiger partial charge in [-0.2, -0.15) is 11.8 Å². The number of aryl methyl sites for hydroxylation is 1. The van der Waals surface area contributed by atoms with E-state index in [0.717, 1.165) is 19.6 Å². The number of anilines is 1. The Hall–Kier alpha value is -0.740. The van der Waals surface area contributed by atoms with E-state index in [-0.39, 0.29) is 5.54 Å². The summed E-state index contributed by atoms with van der Waals surface area (Å²) < 4.78 is 0. The number of nitrogens with one attached hydrogen (secondary N) is 1. The molecule has 1 aliphatic heterocycles. The molecule has 1 N–H and O–H groups in total. The van der Waals surface area contributed by atoms with E-state index in [9.17, 15) is 0 Å². The molecule has 0 bridgehead atoms. The highest BCUT2D eigenvalue weighted by Crippen LogP contribution is 2.21. The maximum absolute atomic E-state index is 4.72. The topological polar surface area (TPSA) is 28.2 Å². The summed E-state index contributed by atoms with van der Waals surface area (Å²) in [6.07, 6.45) is 3.29. The monoisotopic (exact) mass is 293 g/mol. The van der Waals surface area contributed by atoms with E-state index in [1.54, 1.807) is 0 Å². The van der Waals surface area contributed by atoms with Crippen LogP contribution >= 0.6 is 11.8 Å². The molecular weight excluding hydrogens is 266 g/mol. The first-order valence-electron chi connectivity index (χ1n) is 7.49. The van der Waals surface area contributed by atoms with Gasteiger partial charge in [0, 0.05) is 37.1 Å². The molecule has 3 nitrogen and oxygen atoms in total. The Labute approximate surface area is 127 Å². The van der Waals surface area contributed by atoms with Crippen molar-refractivity contribution in [2.24, 2.45) is 0 Å². The van der Waals surface area contributed by atoms with Crippen molar-refractivity contribution in [1.82, 2.24) is 10.3 Å². The van der Waals surface area contributed by atoms with Crippen molar-refractivity contribution in [3.63, 3.8) is 0 Å². The molecule has 2 heterocycles. The third-order valence-corrected chi connectivity index (χ3v) is 4.50. The Balaban J connectivity index is 2.05. The van der Waals surface area contributed by atoms with E-state index >= 15 is 0 Å². The molecular formula is C16H27N3S. The molecule has 0 aliphatic carbocycles. The summed E-state index contributed by atoms with van der Waals surface area (Å²) >= 11 is 2.05. The Morgan fingerprint density at radius 2 is 2.10 bits per heavy atom. The molecule has 0 unspecified atom stereocenters. The van der Waals surface area contributed by atoms with Crippen LogP contribution in [0.5, 0.6) is 0 Å². The van der Waals surface area contributed by atoms with Crippen LogP contribution in [0.4, 0.5) is 5.82 Å². The van der Waals surface area contributed by atoms with Crippen LogP contribution in [0.15, 0.2) is 12.3 Å². The van der Waals surface area contributed by atoms with Gasteiger partial charge in [-0.3, -0.25) is 0 Å². The zero-order chi connectivity index (χ0) is 14.6. The van der Waals surface area contributed by atoms with Gasteiger partial charge in [0.2, 0.25) is 0 Å². The minimum absolute atomic E-state index is 0.147. The highest BCUT2D eigenvalue weighted by atomic mass is 32.2. The molecule has 112 valence electrons. The second-order valence-electron chi connectivity index (χ2n) is 6.54. The second kappa shape index (κ2) is 6.81. The van der Waals surface area contributed by atoms with E-state index < -0.39 is 0 Å². The van der Waals surface area contributed by atoms with Crippen LogP contribution in [0.2, 0.25) is 0 Å². The zero-order valence-electron chi connectivity index (χ0n) is 13.2. The molecule has 1 saturated heterocycles. The van der Waals surface area contributed by atoms with Gasteiger partial charge in [0.05, 0.1) is 0 Å². The van der Waals surface area contributed by atoms with Gasteiger partial charge < -0.3 is 10.2 Å². The summed E-state index contributed by atoms with van der Waals surface area (Å²) in [5, 5.41) is 3.52. The fraction of sp³-hybridized carbons (Fsp3) is 0.688. The molecule has 2 rings (SSSR count). The lowest BCUT2D eigenvalue weighted by Gasteiger charge is -2.24. The van der Waals surface area contributed by atoms with Crippen LogP contribution < -0.4 is 10.2 Å². The van der Waals surface area contributed by atoms with Gasteiger partial charge in [0.1, 0.15) is 5.82 Å². The van der Waals surface area contributed by atoms with Gasteiger partial charge in [-0.15, -0.1) is 0 Å². The van der Waals surface area contributed by atoms with Crippen molar-refractivity contribution in [3.8, 4) is 0 Å². The van der Waals surface area contributed by atoms with Gasteiger partial charge in [0.15, 0.2) is 0 Å². The van der Waals surface area contributed by atoms with Crippen molar-refractivity contribution in [2.45, 2.75) is 46.2 Å². The van der Waals surface area contributed by atoms with Gasteiger partial charge in [0.25, 0.3) is 0 Å². The average molecular weight is 293 g/mol. The van der Waals surface area contributed by atoms with E-state index in [0.29, 0.717) is 0 Å². The van der Waals surface area contributed by atoms with Crippen LogP contribution in [0, 0.1) is 6.92 Å². The highest BCUT2D eigenvalue weighted by Gasteiger charge is 2.14. The molecule has 0 atom stereocenters. The van der Waals surface area contributed by atoms with Crippen LogP contribution in [0.25, 0.3) is 0 Å². The predicted octanol–water partition coefficient (Wildman–Crippen LogP) is 3.22. The molecule has 0 amide bonds. The quantitative estimate of drug-likeness (QED) is 0.926. The summed E-state index contributed by atoms with van der Waals surface area (Å²) in [6, 6.07) is 2.28.